The molecule has 0 saturated heterocycles. The highest BCUT2D eigenvalue weighted by atomic mass is 32.1. The van der Waals surface area contributed by atoms with Gasteiger partial charge in [0.1, 0.15) is 5.82 Å². The van der Waals surface area contributed by atoms with E-state index in [1.807, 2.05) is 29.8 Å². The van der Waals surface area contributed by atoms with Crippen molar-refractivity contribution in [3.63, 3.8) is 0 Å². The van der Waals surface area contributed by atoms with E-state index in [9.17, 15) is 4.79 Å². The molecule has 106 valence electrons. The van der Waals surface area contributed by atoms with Crippen LogP contribution in [0.5, 0.6) is 0 Å². The molecule has 0 aliphatic heterocycles. The number of amides is 1. The van der Waals surface area contributed by atoms with Crippen LogP contribution in [-0.2, 0) is 0 Å². The third-order valence-corrected chi connectivity index (χ3v) is 3.98. The van der Waals surface area contributed by atoms with Crippen molar-refractivity contribution in [2.24, 2.45) is 0 Å². The first kappa shape index (κ1) is 13.4. The summed E-state index contributed by atoms with van der Waals surface area (Å²) in [5.41, 5.74) is 8.86. The van der Waals surface area contributed by atoms with E-state index in [4.69, 9.17) is 5.73 Å². The maximum atomic E-state index is 12.3. The Kier molecular flexibility index (Phi) is 3.45. The van der Waals surface area contributed by atoms with Crippen molar-refractivity contribution in [3.8, 4) is 5.69 Å². The van der Waals surface area contributed by atoms with Crippen LogP contribution in [0.3, 0.4) is 0 Å². The van der Waals surface area contributed by atoms with Crippen molar-refractivity contribution in [2.45, 2.75) is 6.92 Å². The number of nitrogens with zero attached hydrogens (tertiary/aromatic N) is 2. The van der Waals surface area contributed by atoms with Gasteiger partial charge in [-0.25, -0.2) is 4.68 Å². The summed E-state index contributed by atoms with van der Waals surface area (Å²) >= 11 is 1.51. The molecule has 0 spiro atoms. The number of hydrogen-bond acceptors (Lipinski definition) is 4. The maximum absolute atomic E-state index is 12.3. The van der Waals surface area contributed by atoms with Crippen LogP contribution in [0.2, 0.25) is 0 Å². The number of carbonyl (C=O) groups excluding carboxylic acids is 1. The van der Waals surface area contributed by atoms with Crippen molar-refractivity contribution in [1.82, 2.24) is 9.78 Å². The van der Waals surface area contributed by atoms with Gasteiger partial charge in [0, 0.05) is 17.1 Å². The lowest BCUT2D eigenvalue weighted by Crippen LogP contribution is -2.15. The van der Waals surface area contributed by atoms with E-state index in [2.05, 4.69) is 10.4 Å². The minimum absolute atomic E-state index is 0.133. The van der Waals surface area contributed by atoms with Crippen LogP contribution >= 0.6 is 11.3 Å². The number of nitrogens with one attached hydrogen (secondary N) is 1. The predicted octanol–water partition coefficient (Wildman–Crippen LogP) is 3.08. The quantitative estimate of drug-likeness (QED) is 0.730. The third-order valence-electron chi connectivity index (χ3n) is 3.12. The fraction of sp³-hybridized carbons (Fsp3) is 0.0667. The van der Waals surface area contributed by atoms with E-state index in [0.717, 1.165) is 11.3 Å². The van der Waals surface area contributed by atoms with Crippen molar-refractivity contribution >= 4 is 28.7 Å². The Bertz CT molecular complexity index is 773. The minimum Gasteiger partial charge on any atom is -0.399 e. The van der Waals surface area contributed by atoms with E-state index in [1.165, 1.54) is 11.3 Å². The van der Waals surface area contributed by atoms with Gasteiger partial charge in [-0.15, -0.1) is 0 Å². The number of nitrogen functional groups attached to an aromatic ring is 1. The highest BCUT2D eigenvalue weighted by molar-refractivity contribution is 7.08. The van der Waals surface area contributed by atoms with Crippen molar-refractivity contribution in [3.05, 3.63) is 58.4 Å². The Morgan fingerprint density at radius 2 is 2.00 bits per heavy atom. The van der Waals surface area contributed by atoms with Crippen LogP contribution in [0.1, 0.15) is 15.9 Å². The summed E-state index contributed by atoms with van der Waals surface area (Å²) < 4.78 is 1.67. The first-order valence-corrected chi connectivity index (χ1v) is 7.33. The molecule has 0 saturated carbocycles. The van der Waals surface area contributed by atoms with Gasteiger partial charge < -0.3 is 11.1 Å². The molecule has 0 aliphatic carbocycles. The van der Waals surface area contributed by atoms with Gasteiger partial charge in [-0.1, -0.05) is 0 Å². The van der Waals surface area contributed by atoms with Gasteiger partial charge >= 0.3 is 0 Å². The van der Waals surface area contributed by atoms with E-state index >= 15 is 0 Å². The van der Waals surface area contributed by atoms with E-state index < -0.39 is 0 Å². The lowest BCUT2D eigenvalue weighted by molar-refractivity contribution is 0.102. The largest absolute Gasteiger partial charge is 0.399 e. The van der Waals surface area contributed by atoms with Crippen molar-refractivity contribution in [2.75, 3.05) is 11.1 Å². The fourth-order valence-corrected chi connectivity index (χ4v) is 2.82. The molecule has 1 amide bonds. The molecule has 5 nitrogen and oxygen atoms in total. The van der Waals surface area contributed by atoms with Gasteiger partial charge in [0.2, 0.25) is 0 Å². The molecule has 3 rings (SSSR count). The number of thiophene rings is 1. The summed E-state index contributed by atoms with van der Waals surface area (Å²) in [6.07, 6.45) is 1.65. The molecule has 0 atom stereocenters. The summed E-state index contributed by atoms with van der Waals surface area (Å²) in [7, 11) is 0. The molecule has 3 aromatic rings. The lowest BCUT2D eigenvalue weighted by atomic mass is 10.2. The number of aromatic nitrogens is 2. The molecule has 0 unspecified atom stereocenters. The van der Waals surface area contributed by atoms with Crippen LogP contribution in [0.15, 0.2) is 47.3 Å². The molecule has 2 aromatic heterocycles. The summed E-state index contributed by atoms with van der Waals surface area (Å²) in [6, 6.07) is 9.06. The van der Waals surface area contributed by atoms with Crippen LogP contribution in [0.25, 0.3) is 5.69 Å². The van der Waals surface area contributed by atoms with Crippen LogP contribution < -0.4 is 11.1 Å². The number of hydrogen-bond donors (Lipinski definition) is 2. The second-order valence-electron chi connectivity index (χ2n) is 4.64. The van der Waals surface area contributed by atoms with Gasteiger partial charge in [0.25, 0.3) is 5.91 Å². The molecular formula is C15H14N4OS. The lowest BCUT2D eigenvalue weighted by Gasteiger charge is -2.09. The van der Waals surface area contributed by atoms with Crippen LogP contribution in [0, 0.1) is 6.92 Å². The molecular weight excluding hydrogens is 284 g/mol. The first-order valence-electron chi connectivity index (χ1n) is 6.39. The molecule has 0 aliphatic rings. The van der Waals surface area contributed by atoms with Crippen LogP contribution in [-0.4, -0.2) is 15.7 Å². The average Bonchev–Trinajstić information content (AvgIpc) is 3.09. The molecule has 1 aromatic carbocycles. The molecule has 0 bridgehead atoms. The normalized spacial score (nSPS) is 10.5. The number of rotatable bonds is 3. The first-order chi connectivity index (χ1) is 10.1. The molecule has 3 N–H and O–H groups in total. The highest BCUT2D eigenvalue weighted by Crippen LogP contribution is 2.19. The number of benzene rings is 1. The standard InChI is InChI=1S/C15H14N4OS/c1-10-8-21-9-13(10)15(20)18-14-6-7-17-19(14)12-4-2-11(16)3-5-12/h2-9H,16H2,1H3,(H,18,20). The number of aryl methyl sites for hydroxylation is 1. The summed E-state index contributed by atoms with van der Waals surface area (Å²) in [6.45, 7) is 1.92. The van der Waals surface area contributed by atoms with Gasteiger partial charge in [0.05, 0.1) is 17.4 Å². The molecule has 21 heavy (non-hydrogen) atoms. The monoisotopic (exact) mass is 298 g/mol. The molecule has 0 radical (unpaired) electrons. The smallest absolute Gasteiger partial charge is 0.257 e. The van der Waals surface area contributed by atoms with E-state index in [-0.39, 0.29) is 5.91 Å². The van der Waals surface area contributed by atoms with Gasteiger partial charge in [-0.05, 0) is 42.1 Å². The zero-order valence-corrected chi connectivity index (χ0v) is 12.2. The zero-order valence-electron chi connectivity index (χ0n) is 11.4. The number of carbonyl (C=O) groups is 1. The van der Waals surface area contributed by atoms with Crippen molar-refractivity contribution in [1.29, 1.82) is 0 Å². The van der Waals surface area contributed by atoms with Crippen molar-refractivity contribution < 1.29 is 4.79 Å². The Morgan fingerprint density at radius 1 is 1.24 bits per heavy atom. The van der Waals surface area contributed by atoms with Crippen LogP contribution in [0.4, 0.5) is 11.5 Å². The van der Waals surface area contributed by atoms with Gasteiger partial charge in [-0.2, -0.15) is 16.4 Å². The Hall–Kier alpha value is -2.60. The predicted molar refractivity (Wildman–Crippen MR) is 85.0 cm³/mol. The second-order valence-corrected chi connectivity index (χ2v) is 5.39. The molecule has 2 heterocycles. The average molecular weight is 298 g/mol. The van der Waals surface area contributed by atoms with E-state index in [1.54, 1.807) is 29.1 Å². The second kappa shape index (κ2) is 5.41. The number of anilines is 2. The third kappa shape index (κ3) is 2.66. The fourth-order valence-electron chi connectivity index (χ4n) is 2.00. The highest BCUT2D eigenvalue weighted by Gasteiger charge is 2.13. The van der Waals surface area contributed by atoms with Gasteiger partial charge in [-0.3, -0.25) is 4.79 Å². The SMILES string of the molecule is Cc1cscc1C(=O)Nc1ccnn1-c1ccc(N)cc1. The Balaban J connectivity index is 1.88. The molecule has 6 heteroatoms. The Morgan fingerprint density at radius 3 is 2.67 bits per heavy atom. The summed E-state index contributed by atoms with van der Waals surface area (Å²) in [5.74, 6) is 0.487. The Labute approximate surface area is 126 Å². The zero-order chi connectivity index (χ0) is 14.8. The molecule has 0 fully saturated rings. The number of nitrogens with two attached hydrogens (primary N) is 1. The van der Waals surface area contributed by atoms with Gasteiger partial charge in [0.15, 0.2) is 0 Å². The summed E-state index contributed by atoms with van der Waals surface area (Å²) in [5, 5.41) is 10.9. The maximum Gasteiger partial charge on any atom is 0.257 e. The topological polar surface area (TPSA) is 72.9 Å². The minimum atomic E-state index is -0.133. The summed E-state index contributed by atoms with van der Waals surface area (Å²) in [4.78, 5) is 12.3. The van der Waals surface area contributed by atoms with E-state index in [0.29, 0.717) is 17.1 Å².